The number of oxazole rings is 1. The number of carboxylic acids is 1. The van der Waals surface area contributed by atoms with Gasteiger partial charge in [-0.2, -0.15) is 0 Å². The number of aromatic carboxylic acids is 1. The molecule has 0 amide bonds. The highest BCUT2D eigenvalue weighted by Crippen LogP contribution is 2.15. The molecule has 1 saturated heterocycles. The van der Waals surface area contributed by atoms with Crippen LogP contribution in [0.2, 0.25) is 0 Å². The fraction of sp³-hybridized carbons (Fsp3) is 0.500. The Bertz CT molecular complexity index is 330. The second-order valence-corrected chi connectivity index (χ2v) is 3.05. The topological polar surface area (TPSA) is 78.6 Å². The van der Waals surface area contributed by atoms with Crippen LogP contribution in [-0.2, 0) is 0 Å². The van der Waals surface area contributed by atoms with Crippen LogP contribution in [-0.4, -0.2) is 42.2 Å². The lowest BCUT2D eigenvalue weighted by Gasteiger charge is -2.26. The minimum Gasteiger partial charge on any atom is -0.474 e. The molecule has 6 nitrogen and oxygen atoms in total. The molecule has 2 N–H and O–H groups in total. The predicted octanol–water partition coefficient (Wildman–Crippen LogP) is -0.218. The Balaban J connectivity index is 2.11. The fourth-order valence-electron chi connectivity index (χ4n) is 1.40. The van der Waals surface area contributed by atoms with Gasteiger partial charge in [0.1, 0.15) is 0 Å². The summed E-state index contributed by atoms with van der Waals surface area (Å²) in [5.41, 5.74) is 0. The molecule has 1 aliphatic heterocycles. The molecule has 76 valence electrons. The molecule has 0 bridgehead atoms. The number of piperazine rings is 1. The van der Waals surface area contributed by atoms with Gasteiger partial charge in [0.25, 0.3) is 0 Å². The fourth-order valence-corrected chi connectivity index (χ4v) is 1.40. The third kappa shape index (κ3) is 1.69. The maximum Gasteiger partial charge on any atom is 0.392 e. The maximum absolute atomic E-state index is 10.5. The molecule has 0 unspecified atom stereocenters. The maximum atomic E-state index is 10.5. The number of nitrogens with zero attached hydrogens (tertiary/aromatic N) is 2. The van der Waals surface area contributed by atoms with Crippen LogP contribution in [0, 0.1) is 0 Å². The summed E-state index contributed by atoms with van der Waals surface area (Å²) in [6, 6.07) is 0. The zero-order valence-electron chi connectivity index (χ0n) is 7.56. The predicted molar refractivity (Wildman–Crippen MR) is 48.5 cm³/mol. The van der Waals surface area contributed by atoms with Crippen molar-refractivity contribution in [1.29, 1.82) is 0 Å². The molecule has 0 aromatic carbocycles. The van der Waals surface area contributed by atoms with E-state index in [1.165, 1.54) is 6.20 Å². The number of anilines is 1. The lowest BCUT2D eigenvalue weighted by atomic mass is 10.4. The second kappa shape index (κ2) is 3.67. The van der Waals surface area contributed by atoms with Gasteiger partial charge in [0.05, 0.1) is 6.20 Å². The summed E-state index contributed by atoms with van der Waals surface area (Å²) in [7, 11) is 0. The van der Waals surface area contributed by atoms with Crippen molar-refractivity contribution in [3.05, 3.63) is 12.1 Å². The van der Waals surface area contributed by atoms with Crippen molar-refractivity contribution in [1.82, 2.24) is 10.3 Å². The molecular weight excluding hydrogens is 186 g/mol. The average molecular weight is 197 g/mol. The molecule has 14 heavy (non-hydrogen) atoms. The van der Waals surface area contributed by atoms with Crippen LogP contribution in [0.1, 0.15) is 10.7 Å². The molecule has 0 spiro atoms. The zero-order chi connectivity index (χ0) is 9.97. The number of hydrogen-bond acceptors (Lipinski definition) is 5. The summed E-state index contributed by atoms with van der Waals surface area (Å²) in [6.45, 7) is 3.38. The van der Waals surface area contributed by atoms with Gasteiger partial charge >= 0.3 is 11.9 Å². The second-order valence-electron chi connectivity index (χ2n) is 3.05. The Labute approximate surface area is 80.5 Å². The standard InChI is InChI=1S/C8H11N3O3/c12-8(13)7-10-5-6(14-7)11-3-1-9-2-4-11/h5,9H,1-4H2,(H,12,13). The van der Waals surface area contributed by atoms with E-state index in [1.807, 2.05) is 4.90 Å². The molecule has 0 radical (unpaired) electrons. The molecule has 1 fully saturated rings. The molecule has 0 aliphatic carbocycles. The SMILES string of the molecule is O=C(O)c1ncc(N2CCNCC2)o1. The van der Waals surface area contributed by atoms with Crippen LogP contribution in [0.3, 0.4) is 0 Å². The zero-order valence-corrected chi connectivity index (χ0v) is 7.56. The van der Waals surface area contributed by atoms with Gasteiger partial charge in [0.15, 0.2) is 0 Å². The van der Waals surface area contributed by atoms with Crippen LogP contribution in [0.4, 0.5) is 5.88 Å². The first-order valence-corrected chi connectivity index (χ1v) is 4.42. The third-order valence-electron chi connectivity index (χ3n) is 2.11. The first kappa shape index (κ1) is 9.01. The van der Waals surface area contributed by atoms with Crippen molar-refractivity contribution < 1.29 is 14.3 Å². The molecular formula is C8H11N3O3. The molecule has 1 aromatic rings. The van der Waals surface area contributed by atoms with E-state index >= 15 is 0 Å². The van der Waals surface area contributed by atoms with Gasteiger partial charge in [0, 0.05) is 26.2 Å². The summed E-state index contributed by atoms with van der Waals surface area (Å²) in [6.07, 6.45) is 1.45. The van der Waals surface area contributed by atoms with Crippen molar-refractivity contribution in [2.45, 2.75) is 0 Å². The molecule has 6 heteroatoms. The van der Waals surface area contributed by atoms with Gasteiger partial charge in [-0.1, -0.05) is 0 Å². The Morgan fingerprint density at radius 3 is 2.86 bits per heavy atom. The molecule has 2 heterocycles. The average Bonchev–Trinajstić information content (AvgIpc) is 2.68. The Morgan fingerprint density at radius 2 is 2.29 bits per heavy atom. The van der Waals surface area contributed by atoms with Gasteiger partial charge in [-0.15, -0.1) is 0 Å². The third-order valence-corrected chi connectivity index (χ3v) is 2.11. The number of aromatic nitrogens is 1. The molecule has 1 aliphatic rings. The summed E-state index contributed by atoms with van der Waals surface area (Å²) in [5.74, 6) is -0.853. The van der Waals surface area contributed by atoms with Gasteiger partial charge in [-0.25, -0.2) is 9.78 Å². The van der Waals surface area contributed by atoms with Gasteiger partial charge in [-0.3, -0.25) is 0 Å². The van der Waals surface area contributed by atoms with E-state index in [0.717, 1.165) is 26.2 Å². The largest absolute Gasteiger partial charge is 0.474 e. The molecule has 1 aromatic heterocycles. The van der Waals surface area contributed by atoms with Crippen LogP contribution in [0.15, 0.2) is 10.6 Å². The van der Waals surface area contributed by atoms with E-state index in [9.17, 15) is 4.79 Å². The minimum absolute atomic E-state index is 0.251. The van der Waals surface area contributed by atoms with E-state index in [2.05, 4.69) is 10.3 Å². The van der Waals surface area contributed by atoms with Crippen molar-refractivity contribution in [2.75, 3.05) is 31.1 Å². The summed E-state index contributed by atoms with van der Waals surface area (Å²) >= 11 is 0. The van der Waals surface area contributed by atoms with E-state index in [0.29, 0.717) is 5.88 Å². The monoisotopic (exact) mass is 197 g/mol. The molecule has 0 atom stereocenters. The number of hydrogen-bond donors (Lipinski definition) is 2. The van der Waals surface area contributed by atoms with Crippen LogP contribution >= 0.6 is 0 Å². The molecule has 0 saturated carbocycles. The number of nitrogens with one attached hydrogen (secondary N) is 1. The number of carbonyl (C=O) groups is 1. The quantitative estimate of drug-likeness (QED) is 0.682. The highest BCUT2D eigenvalue weighted by atomic mass is 16.4. The van der Waals surface area contributed by atoms with E-state index < -0.39 is 5.97 Å². The van der Waals surface area contributed by atoms with Crippen LogP contribution in [0.25, 0.3) is 0 Å². The summed E-state index contributed by atoms with van der Waals surface area (Å²) in [5, 5.41) is 11.8. The molecule has 2 rings (SSSR count). The number of rotatable bonds is 2. The van der Waals surface area contributed by atoms with Crippen molar-refractivity contribution >= 4 is 11.9 Å². The first-order chi connectivity index (χ1) is 6.77. The Morgan fingerprint density at radius 1 is 1.57 bits per heavy atom. The normalized spacial score (nSPS) is 17.0. The smallest absolute Gasteiger partial charge is 0.392 e. The van der Waals surface area contributed by atoms with E-state index in [-0.39, 0.29) is 5.89 Å². The first-order valence-electron chi connectivity index (χ1n) is 4.42. The minimum atomic E-state index is -1.13. The van der Waals surface area contributed by atoms with Crippen LogP contribution < -0.4 is 10.2 Å². The summed E-state index contributed by atoms with van der Waals surface area (Å²) in [4.78, 5) is 16.1. The van der Waals surface area contributed by atoms with E-state index in [4.69, 9.17) is 9.52 Å². The highest BCUT2D eigenvalue weighted by Gasteiger charge is 2.17. The van der Waals surface area contributed by atoms with Gasteiger partial charge in [0.2, 0.25) is 5.88 Å². The van der Waals surface area contributed by atoms with Crippen molar-refractivity contribution in [3.63, 3.8) is 0 Å². The van der Waals surface area contributed by atoms with Crippen molar-refractivity contribution in [3.8, 4) is 0 Å². The van der Waals surface area contributed by atoms with Gasteiger partial charge in [-0.05, 0) is 0 Å². The number of carboxylic acid groups (broad SMARTS) is 1. The Hall–Kier alpha value is -1.56. The van der Waals surface area contributed by atoms with Crippen molar-refractivity contribution in [2.24, 2.45) is 0 Å². The lowest BCUT2D eigenvalue weighted by Crippen LogP contribution is -2.43. The highest BCUT2D eigenvalue weighted by molar-refractivity contribution is 5.82. The lowest BCUT2D eigenvalue weighted by molar-refractivity contribution is 0.0654. The van der Waals surface area contributed by atoms with Crippen LogP contribution in [0.5, 0.6) is 0 Å². The summed E-state index contributed by atoms with van der Waals surface area (Å²) < 4.78 is 5.07. The van der Waals surface area contributed by atoms with E-state index in [1.54, 1.807) is 0 Å². The Kier molecular flexibility index (Phi) is 2.36. The van der Waals surface area contributed by atoms with Gasteiger partial charge < -0.3 is 19.7 Å².